The van der Waals surface area contributed by atoms with Gasteiger partial charge >= 0.3 is 12.0 Å². The van der Waals surface area contributed by atoms with Crippen molar-refractivity contribution >= 4 is 27.9 Å². The summed E-state index contributed by atoms with van der Waals surface area (Å²) in [7, 11) is -4.11. The fourth-order valence-electron chi connectivity index (χ4n) is 3.27. The number of nitrogens with one attached hydrogen (secondary N) is 2. The van der Waals surface area contributed by atoms with Crippen LogP contribution in [0.4, 0.5) is 9.18 Å². The summed E-state index contributed by atoms with van der Waals surface area (Å²) < 4.78 is 45.8. The lowest BCUT2D eigenvalue weighted by atomic mass is 10.2. The first-order chi connectivity index (χ1) is 15.8. The average molecular weight is 478 g/mol. The van der Waals surface area contributed by atoms with Crippen LogP contribution in [0.3, 0.4) is 0 Å². The number of carbonyl (C=O) groups excluding carboxylic acids is 3. The highest BCUT2D eigenvalue weighted by atomic mass is 32.2. The summed E-state index contributed by atoms with van der Waals surface area (Å²) in [6.45, 7) is -0.0152. The van der Waals surface area contributed by atoms with E-state index in [2.05, 4.69) is 5.32 Å². The highest BCUT2D eigenvalue weighted by Crippen LogP contribution is 2.24. The van der Waals surface area contributed by atoms with Crippen LogP contribution in [0.25, 0.3) is 0 Å². The molecule has 2 N–H and O–H groups in total. The predicted octanol–water partition coefficient (Wildman–Crippen LogP) is 2.18. The Morgan fingerprint density at radius 3 is 2.39 bits per heavy atom. The van der Waals surface area contributed by atoms with Gasteiger partial charge in [-0.2, -0.15) is 4.31 Å². The van der Waals surface area contributed by atoms with Gasteiger partial charge in [0.15, 0.2) is 6.61 Å². The van der Waals surface area contributed by atoms with Crippen LogP contribution in [0.5, 0.6) is 0 Å². The third kappa shape index (κ3) is 6.59. The van der Waals surface area contributed by atoms with Crippen molar-refractivity contribution in [2.75, 3.05) is 19.7 Å². The van der Waals surface area contributed by atoms with Crippen LogP contribution >= 0.6 is 0 Å². The number of esters is 1. The van der Waals surface area contributed by atoms with Gasteiger partial charge in [0, 0.05) is 19.6 Å². The molecule has 0 unspecified atom stereocenters. The fourth-order valence-corrected chi connectivity index (χ4v) is 4.88. The zero-order valence-electron chi connectivity index (χ0n) is 17.8. The zero-order chi connectivity index (χ0) is 23.8. The summed E-state index contributed by atoms with van der Waals surface area (Å²) in [6.07, 6.45) is 2.25. The van der Waals surface area contributed by atoms with Crippen LogP contribution in [0, 0.1) is 5.82 Å². The molecule has 0 aliphatic carbocycles. The molecule has 3 rings (SSSR count). The van der Waals surface area contributed by atoms with E-state index in [-0.39, 0.29) is 25.2 Å². The monoisotopic (exact) mass is 477 g/mol. The average Bonchev–Trinajstić information content (AvgIpc) is 2.82. The summed E-state index contributed by atoms with van der Waals surface area (Å²) >= 11 is 0. The van der Waals surface area contributed by atoms with Crippen molar-refractivity contribution in [3.63, 3.8) is 0 Å². The minimum absolute atomic E-state index is 0.198. The Labute approximate surface area is 191 Å². The number of halogens is 1. The van der Waals surface area contributed by atoms with E-state index < -0.39 is 45.3 Å². The van der Waals surface area contributed by atoms with Crippen LogP contribution in [0.2, 0.25) is 0 Å². The van der Waals surface area contributed by atoms with Gasteiger partial charge in [0.2, 0.25) is 10.0 Å². The molecule has 33 heavy (non-hydrogen) atoms. The smallest absolute Gasteiger partial charge is 0.338 e. The van der Waals surface area contributed by atoms with Crippen molar-refractivity contribution in [1.82, 2.24) is 14.9 Å². The first-order valence-electron chi connectivity index (χ1n) is 10.4. The minimum Gasteiger partial charge on any atom is -0.452 e. The number of piperidine rings is 1. The number of urea groups is 1. The van der Waals surface area contributed by atoms with Crippen LogP contribution in [0.1, 0.15) is 35.2 Å². The van der Waals surface area contributed by atoms with Crippen molar-refractivity contribution in [1.29, 1.82) is 0 Å². The Bertz CT molecular complexity index is 1120. The van der Waals surface area contributed by atoms with Gasteiger partial charge in [0.25, 0.3) is 5.91 Å². The Morgan fingerprint density at radius 2 is 1.70 bits per heavy atom. The highest BCUT2D eigenvalue weighted by Gasteiger charge is 2.29. The second-order valence-electron chi connectivity index (χ2n) is 7.40. The van der Waals surface area contributed by atoms with Gasteiger partial charge in [-0.3, -0.25) is 10.1 Å². The molecule has 0 atom stereocenters. The van der Waals surface area contributed by atoms with Gasteiger partial charge in [0.05, 0.1) is 5.56 Å². The number of carbonyl (C=O) groups is 3. The topological polar surface area (TPSA) is 122 Å². The van der Waals surface area contributed by atoms with E-state index in [4.69, 9.17) is 4.74 Å². The normalized spacial score (nSPS) is 14.3. The molecule has 0 spiro atoms. The molecule has 9 nitrogen and oxygen atoms in total. The van der Waals surface area contributed by atoms with Crippen molar-refractivity contribution < 1.29 is 31.9 Å². The molecule has 0 radical (unpaired) electrons. The lowest BCUT2D eigenvalue weighted by molar-refractivity contribution is -0.123. The molecule has 1 fully saturated rings. The number of ether oxygens (including phenoxy) is 1. The van der Waals surface area contributed by atoms with Crippen molar-refractivity contribution in [2.24, 2.45) is 0 Å². The molecular formula is C22H24FN3O6S. The molecule has 0 bridgehead atoms. The number of rotatable bonds is 7. The molecule has 11 heteroatoms. The third-order valence-corrected chi connectivity index (χ3v) is 6.90. The van der Waals surface area contributed by atoms with Gasteiger partial charge in [0.1, 0.15) is 10.7 Å². The van der Waals surface area contributed by atoms with Crippen molar-refractivity contribution in [3.8, 4) is 0 Å². The molecule has 176 valence electrons. The second-order valence-corrected chi connectivity index (χ2v) is 9.31. The van der Waals surface area contributed by atoms with E-state index in [0.717, 1.165) is 30.2 Å². The number of hydrogen-bond donors (Lipinski definition) is 2. The molecule has 2 aromatic carbocycles. The maximum absolute atomic E-state index is 14.3. The number of benzene rings is 2. The number of sulfonamides is 1. The predicted molar refractivity (Wildman–Crippen MR) is 116 cm³/mol. The van der Waals surface area contributed by atoms with E-state index in [1.807, 2.05) is 11.4 Å². The molecule has 0 saturated carbocycles. The second kappa shape index (κ2) is 11.0. The number of hydrogen-bond acceptors (Lipinski definition) is 6. The summed E-state index contributed by atoms with van der Waals surface area (Å²) in [5.74, 6) is -2.88. The maximum atomic E-state index is 14.3. The highest BCUT2D eigenvalue weighted by molar-refractivity contribution is 7.89. The van der Waals surface area contributed by atoms with E-state index in [1.165, 1.54) is 4.31 Å². The van der Waals surface area contributed by atoms with Gasteiger partial charge < -0.3 is 10.1 Å². The molecule has 1 heterocycles. The SMILES string of the molecule is O=C(COC(=O)c1ccc(F)c(S(=O)(=O)N2CCCCC2)c1)NC(=O)NCc1ccccc1. The zero-order valence-corrected chi connectivity index (χ0v) is 18.6. The first-order valence-corrected chi connectivity index (χ1v) is 11.8. The van der Waals surface area contributed by atoms with Gasteiger partial charge in [-0.05, 0) is 36.6 Å². The Hall–Kier alpha value is -3.31. The standard InChI is InChI=1S/C22H24FN3O6S/c23-18-10-9-17(13-19(18)33(30,31)26-11-5-2-6-12-26)21(28)32-15-20(27)25-22(29)24-14-16-7-3-1-4-8-16/h1,3-4,7-10,13H,2,5-6,11-12,14-15H2,(H2,24,25,27,29). The number of nitrogens with zero attached hydrogens (tertiary/aromatic N) is 1. The van der Waals surface area contributed by atoms with E-state index >= 15 is 0 Å². The Balaban J connectivity index is 1.55. The molecule has 1 saturated heterocycles. The Morgan fingerprint density at radius 1 is 1.00 bits per heavy atom. The fraction of sp³-hybridized carbons (Fsp3) is 0.318. The Kier molecular flexibility index (Phi) is 8.12. The quantitative estimate of drug-likeness (QED) is 0.590. The molecule has 2 aromatic rings. The largest absolute Gasteiger partial charge is 0.452 e. The van der Waals surface area contributed by atoms with Crippen LogP contribution < -0.4 is 10.6 Å². The van der Waals surface area contributed by atoms with Crippen molar-refractivity contribution in [3.05, 3.63) is 65.5 Å². The summed E-state index contributed by atoms with van der Waals surface area (Å²) in [6, 6.07) is 11.1. The third-order valence-electron chi connectivity index (χ3n) is 4.98. The molecular weight excluding hydrogens is 453 g/mol. The number of imide groups is 1. The summed E-state index contributed by atoms with van der Waals surface area (Å²) in [5.41, 5.74) is 0.603. The van der Waals surface area contributed by atoms with Gasteiger partial charge in [-0.25, -0.2) is 22.4 Å². The molecule has 3 amide bonds. The lowest BCUT2D eigenvalue weighted by Gasteiger charge is -2.26. The molecule has 0 aromatic heterocycles. The molecule has 1 aliphatic rings. The van der Waals surface area contributed by atoms with Crippen molar-refractivity contribution in [2.45, 2.75) is 30.7 Å². The van der Waals surface area contributed by atoms with Crippen LogP contribution in [-0.2, 0) is 26.1 Å². The minimum atomic E-state index is -4.11. The van der Waals surface area contributed by atoms with E-state index in [9.17, 15) is 27.2 Å². The number of amides is 3. The van der Waals surface area contributed by atoms with E-state index in [1.54, 1.807) is 24.3 Å². The maximum Gasteiger partial charge on any atom is 0.338 e. The molecule has 1 aliphatic heterocycles. The first kappa shape index (κ1) is 24.3. The lowest BCUT2D eigenvalue weighted by Crippen LogP contribution is -2.41. The van der Waals surface area contributed by atoms with Crippen LogP contribution in [-0.4, -0.2) is 50.3 Å². The van der Waals surface area contributed by atoms with Gasteiger partial charge in [-0.15, -0.1) is 0 Å². The van der Waals surface area contributed by atoms with E-state index in [0.29, 0.717) is 12.8 Å². The summed E-state index contributed by atoms with van der Waals surface area (Å²) in [4.78, 5) is 35.3. The van der Waals surface area contributed by atoms with Gasteiger partial charge in [-0.1, -0.05) is 36.8 Å². The summed E-state index contributed by atoms with van der Waals surface area (Å²) in [5, 5.41) is 4.50. The van der Waals surface area contributed by atoms with Crippen LogP contribution in [0.15, 0.2) is 53.4 Å².